The van der Waals surface area contributed by atoms with Crippen molar-refractivity contribution >= 4 is 37.3 Å². The number of sulfonamides is 1. The first kappa shape index (κ1) is 20.4. The van der Waals surface area contributed by atoms with Crippen LogP contribution in [0.25, 0.3) is 0 Å². The standard InChI is InChI=1S/C20H19NO4S3/c1-27(22,23)19-11-13-20(14-12-19)28(24,25)21-17-9-7-16(8-10-17)15-26-18-5-3-2-4-6-18/h2-14,21H,15H2,1H3. The van der Waals surface area contributed by atoms with Crippen molar-refractivity contribution in [3.8, 4) is 0 Å². The highest BCUT2D eigenvalue weighted by atomic mass is 32.2. The maximum atomic E-state index is 12.5. The second-order valence-corrected chi connectivity index (χ2v) is 10.9. The molecule has 0 spiro atoms. The first-order chi connectivity index (χ1) is 13.2. The van der Waals surface area contributed by atoms with Gasteiger partial charge in [-0.3, -0.25) is 4.72 Å². The van der Waals surface area contributed by atoms with Gasteiger partial charge in [-0.05, 0) is 54.1 Å². The van der Waals surface area contributed by atoms with E-state index in [0.29, 0.717) is 5.69 Å². The van der Waals surface area contributed by atoms with Crippen LogP contribution in [0.5, 0.6) is 0 Å². The molecule has 3 aromatic carbocycles. The Bertz CT molecular complexity index is 1140. The summed E-state index contributed by atoms with van der Waals surface area (Å²) in [6.45, 7) is 0. The second kappa shape index (κ2) is 8.38. The molecule has 0 aliphatic rings. The highest BCUT2D eigenvalue weighted by Crippen LogP contribution is 2.24. The zero-order valence-electron chi connectivity index (χ0n) is 15.1. The van der Waals surface area contributed by atoms with Gasteiger partial charge in [-0.1, -0.05) is 30.3 Å². The molecule has 5 nitrogen and oxygen atoms in total. The first-order valence-electron chi connectivity index (χ1n) is 8.34. The van der Waals surface area contributed by atoms with Gasteiger partial charge in [0.25, 0.3) is 10.0 Å². The molecule has 0 atom stereocenters. The van der Waals surface area contributed by atoms with E-state index in [0.717, 1.165) is 17.6 Å². The van der Waals surface area contributed by atoms with Crippen LogP contribution in [0.4, 0.5) is 5.69 Å². The summed E-state index contributed by atoms with van der Waals surface area (Å²) in [5.74, 6) is 0.782. The molecule has 0 radical (unpaired) electrons. The lowest BCUT2D eigenvalue weighted by Gasteiger charge is -2.09. The van der Waals surface area contributed by atoms with Crippen molar-refractivity contribution in [2.75, 3.05) is 11.0 Å². The highest BCUT2D eigenvalue weighted by molar-refractivity contribution is 7.98. The molecule has 0 bridgehead atoms. The molecule has 0 saturated carbocycles. The molecule has 0 aliphatic carbocycles. The molecule has 28 heavy (non-hydrogen) atoms. The molecule has 0 aliphatic heterocycles. The van der Waals surface area contributed by atoms with Crippen molar-refractivity contribution in [2.24, 2.45) is 0 Å². The molecule has 3 aromatic rings. The predicted octanol–water partition coefficient (Wildman–Crippen LogP) is 4.18. The quantitative estimate of drug-likeness (QED) is 0.565. The molecular weight excluding hydrogens is 414 g/mol. The number of benzene rings is 3. The van der Waals surface area contributed by atoms with Crippen LogP contribution in [0.2, 0.25) is 0 Å². The molecule has 0 heterocycles. The fourth-order valence-corrected chi connectivity index (χ4v) is 5.00. The van der Waals surface area contributed by atoms with Gasteiger partial charge in [0.15, 0.2) is 9.84 Å². The Morgan fingerprint density at radius 1 is 0.750 bits per heavy atom. The average molecular weight is 434 g/mol. The number of thioether (sulfide) groups is 1. The van der Waals surface area contributed by atoms with E-state index in [-0.39, 0.29) is 9.79 Å². The van der Waals surface area contributed by atoms with Crippen LogP contribution in [-0.4, -0.2) is 23.1 Å². The third-order valence-corrected chi connectivity index (χ3v) is 7.53. The van der Waals surface area contributed by atoms with E-state index >= 15 is 0 Å². The Morgan fingerprint density at radius 2 is 1.32 bits per heavy atom. The molecule has 1 N–H and O–H groups in total. The zero-order valence-corrected chi connectivity index (χ0v) is 17.5. The number of anilines is 1. The zero-order chi connectivity index (χ0) is 20.2. The summed E-state index contributed by atoms with van der Waals surface area (Å²) in [6.07, 6.45) is 1.08. The van der Waals surface area contributed by atoms with Crippen molar-refractivity contribution in [2.45, 2.75) is 20.4 Å². The van der Waals surface area contributed by atoms with E-state index in [4.69, 9.17) is 0 Å². The maximum absolute atomic E-state index is 12.5. The molecule has 0 amide bonds. The average Bonchev–Trinajstić information content (AvgIpc) is 2.67. The summed E-state index contributed by atoms with van der Waals surface area (Å²) >= 11 is 1.70. The Balaban J connectivity index is 1.67. The minimum Gasteiger partial charge on any atom is -0.280 e. The van der Waals surface area contributed by atoms with E-state index in [1.807, 2.05) is 42.5 Å². The Morgan fingerprint density at radius 3 is 1.89 bits per heavy atom. The molecule has 3 rings (SSSR count). The third-order valence-electron chi connectivity index (χ3n) is 3.92. The monoisotopic (exact) mass is 433 g/mol. The van der Waals surface area contributed by atoms with Gasteiger partial charge in [-0.2, -0.15) is 0 Å². The summed E-state index contributed by atoms with van der Waals surface area (Å²) in [5.41, 5.74) is 1.52. The van der Waals surface area contributed by atoms with Gasteiger partial charge in [0.2, 0.25) is 0 Å². The van der Waals surface area contributed by atoms with Gasteiger partial charge >= 0.3 is 0 Å². The SMILES string of the molecule is CS(=O)(=O)c1ccc(S(=O)(=O)Nc2ccc(CSc3ccccc3)cc2)cc1. The van der Waals surface area contributed by atoms with Crippen LogP contribution >= 0.6 is 11.8 Å². The largest absolute Gasteiger partial charge is 0.280 e. The molecule has 0 saturated heterocycles. The lowest BCUT2D eigenvalue weighted by molar-refractivity contribution is 0.597. The lowest BCUT2D eigenvalue weighted by atomic mass is 10.2. The summed E-state index contributed by atoms with van der Waals surface area (Å²) in [5, 5.41) is 0. The summed E-state index contributed by atoms with van der Waals surface area (Å²) in [7, 11) is -7.17. The van der Waals surface area contributed by atoms with Crippen molar-refractivity contribution in [1.29, 1.82) is 0 Å². The van der Waals surface area contributed by atoms with Crippen LogP contribution in [0.3, 0.4) is 0 Å². The number of hydrogen-bond donors (Lipinski definition) is 1. The topological polar surface area (TPSA) is 80.3 Å². The van der Waals surface area contributed by atoms with E-state index in [2.05, 4.69) is 4.72 Å². The van der Waals surface area contributed by atoms with E-state index in [9.17, 15) is 16.8 Å². The molecule has 0 aromatic heterocycles. The second-order valence-electron chi connectivity index (χ2n) is 6.15. The smallest absolute Gasteiger partial charge is 0.261 e. The maximum Gasteiger partial charge on any atom is 0.261 e. The minimum absolute atomic E-state index is 0.00334. The van der Waals surface area contributed by atoms with Gasteiger partial charge in [-0.25, -0.2) is 16.8 Å². The van der Waals surface area contributed by atoms with Gasteiger partial charge in [0.05, 0.1) is 9.79 Å². The number of hydrogen-bond acceptors (Lipinski definition) is 5. The number of rotatable bonds is 7. The normalized spacial score (nSPS) is 11.9. The van der Waals surface area contributed by atoms with E-state index < -0.39 is 19.9 Å². The Kier molecular flexibility index (Phi) is 6.12. The summed E-state index contributed by atoms with van der Waals surface area (Å²) < 4.78 is 50.5. The van der Waals surface area contributed by atoms with Crippen LogP contribution in [0.15, 0.2) is 93.5 Å². The van der Waals surface area contributed by atoms with E-state index in [1.54, 1.807) is 23.9 Å². The van der Waals surface area contributed by atoms with Crippen LogP contribution in [0, 0.1) is 0 Å². The predicted molar refractivity (Wildman–Crippen MR) is 113 cm³/mol. The van der Waals surface area contributed by atoms with Crippen molar-refractivity contribution in [3.63, 3.8) is 0 Å². The van der Waals surface area contributed by atoms with Crippen LogP contribution in [0.1, 0.15) is 5.56 Å². The fraction of sp³-hybridized carbons (Fsp3) is 0.100. The summed E-state index contributed by atoms with van der Waals surface area (Å²) in [4.78, 5) is 1.25. The van der Waals surface area contributed by atoms with Gasteiger partial charge in [0, 0.05) is 22.6 Å². The third kappa shape index (κ3) is 5.37. The van der Waals surface area contributed by atoms with E-state index in [1.165, 1.54) is 29.2 Å². The Hall–Kier alpha value is -2.29. The molecule has 146 valence electrons. The summed E-state index contributed by atoms with van der Waals surface area (Å²) in [6, 6.07) is 22.3. The molecule has 0 unspecified atom stereocenters. The number of sulfone groups is 1. The van der Waals surface area contributed by atoms with Gasteiger partial charge in [0.1, 0.15) is 0 Å². The Labute approximate surface area is 169 Å². The minimum atomic E-state index is -3.79. The van der Waals surface area contributed by atoms with Crippen molar-refractivity contribution < 1.29 is 16.8 Å². The van der Waals surface area contributed by atoms with Gasteiger partial charge in [-0.15, -0.1) is 11.8 Å². The lowest BCUT2D eigenvalue weighted by Crippen LogP contribution is -2.13. The molecule has 8 heteroatoms. The first-order valence-corrected chi connectivity index (χ1v) is 12.7. The van der Waals surface area contributed by atoms with Crippen molar-refractivity contribution in [1.82, 2.24) is 0 Å². The molecular formula is C20H19NO4S3. The fourth-order valence-electron chi connectivity index (χ4n) is 2.43. The van der Waals surface area contributed by atoms with Gasteiger partial charge < -0.3 is 0 Å². The molecule has 0 fully saturated rings. The van der Waals surface area contributed by atoms with Crippen LogP contribution < -0.4 is 4.72 Å². The van der Waals surface area contributed by atoms with Crippen LogP contribution in [-0.2, 0) is 25.6 Å². The number of nitrogens with one attached hydrogen (secondary N) is 1. The van der Waals surface area contributed by atoms with Crippen molar-refractivity contribution in [3.05, 3.63) is 84.4 Å². The highest BCUT2D eigenvalue weighted by Gasteiger charge is 2.15.